The molecule has 0 saturated heterocycles. The highest BCUT2D eigenvalue weighted by molar-refractivity contribution is 5.40. The largest absolute Gasteiger partial charge is 0.399 e. The van der Waals surface area contributed by atoms with Crippen LogP contribution in [0.15, 0.2) is 36.7 Å². The van der Waals surface area contributed by atoms with Crippen LogP contribution in [0.1, 0.15) is 31.2 Å². The average Bonchev–Trinajstić information content (AvgIpc) is 2.78. The molecule has 2 N–H and O–H groups in total. The third-order valence-electron chi connectivity index (χ3n) is 3.09. The number of aryl methyl sites for hydroxylation is 3. The molecule has 0 spiro atoms. The maximum Gasteiger partial charge on any atom is 0.108 e. The molecule has 3 heteroatoms. The summed E-state index contributed by atoms with van der Waals surface area (Å²) in [6.07, 6.45) is 8.36. The molecule has 1 heterocycles. The van der Waals surface area contributed by atoms with Gasteiger partial charge < -0.3 is 10.3 Å². The van der Waals surface area contributed by atoms with Gasteiger partial charge in [-0.3, -0.25) is 0 Å². The van der Waals surface area contributed by atoms with Crippen molar-refractivity contribution in [2.75, 3.05) is 5.73 Å². The number of nitrogen functional groups attached to an aromatic ring is 1. The number of rotatable bonds is 6. The van der Waals surface area contributed by atoms with Gasteiger partial charge in [0.25, 0.3) is 0 Å². The molecular weight excluding hydrogens is 222 g/mol. The zero-order valence-electron chi connectivity index (χ0n) is 11.0. The summed E-state index contributed by atoms with van der Waals surface area (Å²) in [5, 5.41) is 0. The number of aromatic nitrogens is 2. The summed E-state index contributed by atoms with van der Waals surface area (Å²) < 4.78 is 2.26. The van der Waals surface area contributed by atoms with E-state index in [2.05, 4.69) is 34.8 Å². The molecule has 96 valence electrons. The molecule has 1 aromatic carbocycles. The lowest BCUT2D eigenvalue weighted by molar-refractivity contribution is 0.605. The molecule has 18 heavy (non-hydrogen) atoms. The Hall–Kier alpha value is -1.77. The van der Waals surface area contributed by atoms with Gasteiger partial charge in [0, 0.05) is 31.0 Å². The SMILES string of the molecule is CCCc1nccn1CCCc1cccc(N)c1. The molecule has 0 saturated carbocycles. The molecule has 0 fully saturated rings. The van der Waals surface area contributed by atoms with E-state index < -0.39 is 0 Å². The van der Waals surface area contributed by atoms with Crippen LogP contribution in [0.25, 0.3) is 0 Å². The summed E-state index contributed by atoms with van der Waals surface area (Å²) in [6.45, 7) is 3.22. The quantitative estimate of drug-likeness (QED) is 0.792. The summed E-state index contributed by atoms with van der Waals surface area (Å²) >= 11 is 0. The fraction of sp³-hybridized carbons (Fsp3) is 0.400. The number of nitrogens with zero attached hydrogens (tertiary/aromatic N) is 2. The standard InChI is InChI=1S/C15H21N3/c1-2-5-15-17-9-11-18(15)10-4-7-13-6-3-8-14(16)12-13/h3,6,8-9,11-12H,2,4-5,7,10,16H2,1H3. The summed E-state index contributed by atoms with van der Waals surface area (Å²) in [7, 11) is 0. The van der Waals surface area contributed by atoms with Gasteiger partial charge in [0.2, 0.25) is 0 Å². The second-order valence-corrected chi connectivity index (χ2v) is 4.64. The Morgan fingerprint density at radius 1 is 1.28 bits per heavy atom. The van der Waals surface area contributed by atoms with Crippen molar-refractivity contribution in [3.8, 4) is 0 Å². The average molecular weight is 243 g/mol. The maximum absolute atomic E-state index is 5.77. The second-order valence-electron chi connectivity index (χ2n) is 4.64. The van der Waals surface area contributed by atoms with Crippen LogP contribution in [0.5, 0.6) is 0 Å². The first-order valence-corrected chi connectivity index (χ1v) is 6.64. The summed E-state index contributed by atoms with van der Waals surface area (Å²) in [5.41, 5.74) is 7.93. The highest BCUT2D eigenvalue weighted by Crippen LogP contribution is 2.10. The number of imidazole rings is 1. The number of nitrogens with two attached hydrogens (primary N) is 1. The summed E-state index contributed by atoms with van der Waals surface area (Å²) in [5.74, 6) is 1.20. The van der Waals surface area contributed by atoms with Crippen LogP contribution < -0.4 is 5.73 Å². The van der Waals surface area contributed by atoms with E-state index in [9.17, 15) is 0 Å². The van der Waals surface area contributed by atoms with E-state index in [1.807, 2.05) is 18.3 Å². The van der Waals surface area contributed by atoms with Gasteiger partial charge in [-0.25, -0.2) is 4.98 Å². The van der Waals surface area contributed by atoms with E-state index in [4.69, 9.17) is 5.73 Å². The molecule has 0 aliphatic rings. The van der Waals surface area contributed by atoms with Gasteiger partial charge in [-0.1, -0.05) is 19.1 Å². The Labute approximate surface area is 109 Å². The van der Waals surface area contributed by atoms with Crippen molar-refractivity contribution in [2.45, 2.75) is 39.2 Å². The first-order valence-electron chi connectivity index (χ1n) is 6.64. The normalized spacial score (nSPS) is 10.7. The Bertz CT molecular complexity index is 488. The number of hydrogen-bond donors (Lipinski definition) is 1. The predicted molar refractivity (Wildman–Crippen MR) is 75.4 cm³/mol. The highest BCUT2D eigenvalue weighted by atomic mass is 15.1. The van der Waals surface area contributed by atoms with E-state index in [1.165, 1.54) is 11.4 Å². The summed E-state index contributed by atoms with van der Waals surface area (Å²) in [4.78, 5) is 4.39. The molecule has 0 aliphatic heterocycles. The van der Waals surface area contributed by atoms with Crippen LogP contribution in [0, 0.1) is 0 Å². The molecule has 3 nitrogen and oxygen atoms in total. The molecule has 1 aromatic heterocycles. The van der Waals surface area contributed by atoms with Crippen molar-refractivity contribution in [3.63, 3.8) is 0 Å². The van der Waals surface area contributed by atoms with Crippen LogP contribution in [-0.2, 0) is 19.4 Å². The van der Waals surface area contributed by atoms with E-state index in [0.29, 0.717) is 0 Å². The van der Waals surface area contributed by atoms with Crippen molar-refractivity contribution in [2.24, 2.45) is 0 Å². The van der Waals surface area contributed by atoms with Crippen molar-refractivity contribution in [1.29, 1.82) is 0 Å². The number of anilines is 1. The third kappa shape index (κ3) is 3.36. The molecule has 0 atom stereocenters. The molecule has 2 aromatic rings. The van der Waals surface area contributed by atoms with Crippen molar-refractivity contribution in [3.05, 3.63) is 48.0 Å². The Kier molecular flexibility index (Phi) is 4.40. The number of hydrogen-bond acceptors (Lipinski definition) is 2. The molecule has 2 rings (SSSR count). The molecule has 0 radical (unpaired) electrons. The van der Waals surface area contributed by atoms with Crippen LogP contribution in [-0.4, -0.2) is 9.55 Å². The van der Waals surface area contributed by atoms with Crippen LogP contribution in [0.4, 0.5) is 5.69 Å². The van der Waals surface area contributed by atoms with Gasteiger partial charge in [-0.05, 0) is 37.0 Å². The topological polar surface area (TPSA) is 43.8 Å². The fourth-order valence-corrected chi connectivity index (χ4v) is 2.20. The highest BCUT2D eigenvalue weighted by Gasteiger charge is 2.01. The van der Waals surface area contributed by atoms with E-state index in [0.717, 1.165) is 37.9 Å². The van der Waals surface area contributed by atoms with Gasteiger partial charge in [-0.15, -0.1) is 0 Å². The second kappa shape index (κ2) is 6.24. The lowest BCUT2D eigenvalue weighted by Crippen LogP contribution is -2.04. The van der Waals surface area contributed by atoms with Gasteiger partial charge in [0.1, 0.15) is 5.82 Å². The van der Waals surface area contributed by atoms with Gasteiger partial charge in [-0.2, -0.15) is 0 Å². The van der Waals surface area contributed by atoms with E-state index in [-0.39, 0.29) is 0 Å². The molecule has 0 unspecified atom stereocenters. The smallest absolute Gasteiger partial charge is 0.108 e. The Morgan fingerprint density at radius 3 is 2.94 bits per heavy atom. The van der Waals surface area contributed by atoms with Gasteiger partial charge >= 0.3 is 0 Å². The Balaban J connectivity index is 1.86. The lowest BCUT2D eigenvalue weighted by atomic mass is 10.1. The molecule has 0 amide bonds. The monoisotopic (exact) mass is 243 g/mol. The first-order chi connectivity index (χ1) is 8.79. The van der Waals surface area contributed by atoms with Gasteiger partial charge in [0.15, 0.2) is 0 Å². The molecule has 0 aliphatic carbocycles. The minimum Gasteiger partial charge on any atom is -0.399 e. The van der Waals surface area contributed by atoms with E-state index >= 15 is 0 Å². The third-order valence-corrected chi connectivity index (χ3v) is 3.09. The zero-order valence-corrected chi connectivity index (χ0v) is 11.0. The Morgan fingerprint density at radius 2 is 2.17 bits per heavy atom. The molecular formula is C15H21N3. The fourth-order valence-electron chi connectivity index (χ4n) is 2.20. The van der Waals surface area contributed by atoms with Crippen molar-refractivity contribution < 1.29 is 0 Å². The summed E-state index contributed by atoms with van der Waals surface area (Å²) in [6, 6.07) is 8.14. The minimum atomic E-state index is 0.849. The zero-order chi connectivity index (χ0) is 12.8. The van der Waals surface area contributed by atoms with Crippen molar-refractivity contribution >= 4 is 5.69 Å². The molecule has 0 bridgehead atoms. The number of benzene rings is 1. The minimum absolute atomic E-state index is 0.849. The lowest BCUT2D eigenvalue weighted by Gasteiger charge is -2.07. The maximum atomic E-state index is 5.77. The first kappa shape index (κ1) is 12.7. The predicted octanol–water partition coefficient (Wildman–Crippen LogP) is 3.05. The van der Waals surface area contributed by atoms with Gasteiger partial charge in [0.05, 0.1) is 0 Å². The van der Waals surface area contributed by atoms with Crippen LogP contribution >= 0.6 is 0 Å². The van der Waals surface area contributed by atoms with E-state index in [1.54, 1.807) is 0 Å². The van der Waals surface area contributed by atoms with Crippen molar-refractivity contribution in [1.82, 2.24) is 9.55 Å². The van der Waals surface area contributed by atoms with Crippen LogP contribution in [0.3, 0.4) is 0 Å². The van der Waals surface area contributed by atoms with Crippen LogP contribution in [0.2, 0.25) is 0 Å².